The maximum atomic E-state index is 13.9. The van der Waals surface area contributed by atoms with E-state index in [1.807, 2.05) is 20.8 Å². The molecule has 8 heteroatoms. The molecule has 0 aromatic heterocycles. The molecule has 4 fully saturated rings. The van der Waals surface area contributed by atoms with Crippen molar-refractivity contribution in [3.63, 3.8) is 0 Å². The first-order valence-corrected chi connectivity index (χ1v) is 13.1. The standard InChI is InChI=1S/C25H43N3O5/c1-24(2,3)33-23(31)25(27-15-7-8-16-27,32-21-11-9-19(10-12-21)22(29)30)28-17-20(18-28)26-13-5-4-6-14-26/h19-21H,4-18H2,1-3H3,(H,29,30)/t19-,21-,25?. The van der Waals surface area contributed by atoms with Crippen molar-refractivity contribution in [2.75, 3.05) is 39.3 Å². The second-order valence-corrected chi connectivity index (χ2v) is 11.4. The van der Waals surface area contributed by atoms with E-state index in [-0.39, 0.29) is 18.0 Å². The van der Waals surface area contributed by atoms with Gasteiger partial charge in [-0.1, -0.05) is 6.42 Å². The zero-order chi connectivity index (χ0) is 23.6. The molecule has 1 aliphatic carbocycles. The van der Waals surface area contributed by atoms with Crippen molar-refractivity contribution >= 4 is 11.9 Å². The van der Waals surface area contributed by atoms with Crippen molar-refractivity contribution in [2.45, 2.75) is 102 Å². The van der Waals surface area contributed by atoms with Gasteiger partial charge in [0.05, 0.1) is 12.0 Å². The normalized spacial score (nSPS) is 30.5. The number of piperidine rings is 1. The summed E-state index contributed by atoms with van der Waals surface area (Å²) in [4.78, 5) is 32.3. The van der Waals surface area contributed by atoms with Crippen LogP contribution in [0.15, 0.2) is 0 Å². The van der Waals surface area contributed by atoms with E-state index in [1.54, 1.807) is 0 Å². The Kier molecular flexibility index (Phi) is 7.68. The van der Waals surface area contributed by atoms with Crippen LogP contribution in [0.3, 0.4) is 0 Å². The summed E-state index contributed by atoms with van der Waals surface area (Å²) in [6.45, 7) is 11.2. The number of esters is 1. The third kappa shape index (κ3) is 5.55. The molecule has 0 aromatic rings. The van der Waals surface area contributed by atoms with E-state index in [2.05, 4.69) is 14.7 Å². The smallest absolute Gasteiger partial charge is 0.371 e. The molecule has 33 heavy (non-hydrogen) atoms. The van der Waals surface area contributed by atoms with E-state index < -0.39 is 17.4 Å². The van der Waals surface area contributed by atoms with Gasteiger partial charge in [0.25, 0.3) is 5.85 Å². The van der Waals surface area contributed by atoms with Gasteiger partial charge in [-0.05, 0) is 85.2 Å². The van der Waals surface area contributed by atoms with Crippen molar-refractivity contribution in [3.05, 3.63) is 0 Å². The third-order valence-electron chi connectivity index (χ3n) is 7.75. The quantitative estimate of drug-likeness (QED) is 0.575. The molecular weight excluding hydrogens is 422 g/mol. The van der Waals surface area contributed by atoms with Gasteiger partial charge in [-0.3, -0.25) is 14.6 Å². The summed E-state index contributed by atoms with van der Waals surface area (Å²) in [6.07, 6.45) is 8.30. The van der Waals surface area contributed by atoms with Gasteiger partial charge in [-0.2, -0.15) is 0 Å². The molecule has 1 N–H and O–H groups in total. The van der Waals surface area contributed by atoms with Gasteiger partial charge in [-0.15, -0.1) is 0 Å². The number of carbonyl (C=O) groups excluding carboxylic acids is 1. The number of carboxylic acids is 1. The molecule has 8 nitrogen and oxygen atoms in total. The summed E-state index contributed by atoms with van der Waals surface area (Å²) in [5.41, 5.74) is -0.608. The minimum absolute atomic E-state index is 0.136. The Morgan fingerprint density at radius 2 is 1.39 bits per heavy atom. The first-order valence-electron chi connectivity index (χ1n) is 13.1. The summed E-state index contributed by atoms with van der Waals surface area (Å²) in [5, 5.41) is 9.40. The fraction of sp³-hybridized carbons (Fsp3) is 0.920. The van der Waals surface area contributed by atoms with Gasteiger partial charge in [0.1, 0.15) is 5.60 Å². The van der Waals surface area contributed by atoms with E-state index in [1.165, 1.54) is 19.3 Å². The van der Waals surface area contributed by atoms with Crippen LogP contribution in [-0.4, -0.2) is 94.6 Å². The lowest BCUT2D eigenvalue weighted by molar-refractivity contribution is -0.295. The number of likely N-dealkylation sites (tertiary alicyclic amines) is 3. The predicted octanol–water partition coefficient (Wildman–Crippen LogP) is 2.91. The molecular formula is C25H43N3O5. The fourth-order valence-electron chi connectivity index (χ4n) is 5.90. The molecule has 4 rings (SSSR count). The molecule has 3 heterocycles. The van der Waals surface area contributed by atoms with Crippen LogP contribution in [0.4, 0.5) is 0 Å². The lowest BCUT2D eigenvalue weighted by Gasteiger charge is -2.56. The lowest BCUT2D eigenvalue weighted by atomic mass is 9.87. The van der Waals surface area contributed by atoms with Gasteiger partial charge >= 0.3 is 11.9 Å². The van der Waals surface area contributed by atoms with Crippen molar-refractivity contribution in [2.24, 2.45) is 5.92 Å². The van der Waals surface area contributed by atoms with E-state index in [4.69, 9.17) is 9.47 Å². The Morgan fingerprint density at radius 1 is 0.818 bits per heavy atom. The number of hydrogen-bond donors (Lipinski definition) is 1. The highest BCUT2D eigenvalue weighted by Gasteiger charge is 2.59. The average molecular weight is 466 g/mol. The highest BCUT2D eigenvalue weighted by Crippen LogP contribution is 2.39. The summed E-state index contributed by atoms with van der Waals surface area (Å²) in [6, 6.07) is 0.459. The number of ether oxygens (including phenoxy) is 2. The molecule has 0 bridgehead atoms. The minimum Gasteiger partial charge on any atom is -0.481 e. The Balaban J connectivity index is 1.55. The number of aliphatic carboxylic acids is 1. The van der Waals surface area contributed by atoms with E-state index in [9.17, 15) is 14.7 Å². The largest absolute Gasteiger partial charge is 0.481 e. The predicted molar refractivity (Wildman–Crippen MR) is 125 cm³/mol. The van der Waals surface area contributed by atoms with Crippen LogP contribution in [0, 0.1) is 5.92 Å². The molecule has 1 saturated carbocycles. The topological polar surface area (TPSA) is 82.5 Å². The summed E-state index contributed by atoms with van der Waals surface area (Å²) in [5.74, 6) is -2.55. The van der Waals surface area contributed by atoms with E-state index >= 15 is 0 Å². The zero-order valence-corrected chi connectivity index (χ0v) is 20.8. The first kappa shape index (κ1) is 24.9. The second kappa shape index (κ2) is 10.2. The van der Waals surface area contributed by atoms with Crippen molar-refractivity contribution in [3.8, 4) is 0 Å². The van der Waals surface area contributed by atoms with E-state index in [0.29, 0.717) is 31.7 Å². The minimum atomic E-state index is -1.21. The summed E-state index contributed by atoms with van der Waals surface area (Å²) in [7, 11) is 0. The van der Waals surface area contributed by atoms with Crippen LogP contribution in [0.25, 0.3) is 0 Å². The van der Waals surface area contributed by atoms with Crippen molar-refractivity contribution in [1.29, 1.82) is 0 Å². The van der Waals surface area contributed by atoms with Crippen LogP contribution < -0.4 is 0 Å². The Hall–Kier alpha value is -1.22. The molecule has 0 radical (unpaired) electrons. The molecule has 188 valence electrons. The van der Waals surface area contributed by atoms with Crippen molar-refractivity contribution in [1.82, 2.24) is 14.7 Å². The summed E-state index contributed by atoms with van der Waals surface area (Å²) >= 11 is 0. The molecule has 4 aliphatic rings. The molecule has 3 saturated heterocycles. The Morgan fingerprint density at radius 3 is 1.94 bits per heavy atom. The van der Waals surface area contributed by atoms with Gasteiger partial charge in [-0.25, -0.2) is 9.69 Å². The van der Waals surface area contributed by atoms with Crippen LogP contribution in [0.1, 0.15) is 78.6 Å². The lowest BCUT2D eigenvalue weighted by Crippen LogP contribution is -2.76. The maximum absolute atomic E-state index is 13.9. The highest BCUT2D eigenvalue weighted by atomic mass is 16.6. The van der Waals surface area contributed by atoms with Gasteiger partial charge in [0, 0.05) is 32.2 Å². The highest BCUT2D eigenvalue weighted by molar-refractivity contribution is 5.79. The molecule has 0 spiro atoms. The van der Waals surface area contributed by atoms with Crippen LogP contribution in [-0.2, 0) is 19.1 Å². The Bertz CT molecular complexity index is 685. The number of hydrogen-bond acceptors (Lipinski definition) is 7. The van der Waals surface area contributed by atoms with Gasteiger partial charge in [0.15, 0.2) is 0 Å². The number of carboxylic acid groups (broad SMARTS) is 1. The van der Waals surface area contributed by atoms with Crippen LogP contribution in [0.2, 0.25) is 0 Å². The summed E-state index contributed by atoms with van der Waals surface area (Å²) < 4.78 is 12.8. The monoisotopic (exact) mass is 465 g/mol. The molecule has 1 unspecified atom stereocenters. The first-order chi connectivity index (χ1) is 15.7. The zero-order valence-electron chi connectivity index (χ0n) is 20.8. The van der Waals surface area contributed by atoms with Crippen LogP contribution in [0.5, 0.6) is 0 Å². The fourth-order valence-corrected chi connectivity index (χ4v) is 5.90. The molecule has 0 amide bonds. The van der Waals surface area contributed by atoms with Gasteiger partial charge in [0.2, 0.25) is 0 Å². The maximum Gasteiger partial charge on any atom is 0.371 e. The number of carbonyl (C=O) groups is 2. The average Bonchev–Trinajstić information content (AvgIpc) is 3.27. The number of rotatable bonds is 7. The molecule has 0 aromatic carbocycles. The van der Waals surface area contributed by atoms with Crippen molar-refractivity contribution < 1.29 is 24.2 Å². The molecule has 3 aliphatic heterocycles. The van der Waals surface area contributed by atoms with Gasteiger partial charge < -0.3 is 14.6 Å². The second-order valence-electron chi connectivity index (χ2n) is 11.4. The third-order valence-corrected chi connectivity index (χ3v) is 7.75. The number of nitrogens with zero attached hydrogens (tertiary/aromatic N) is 3. The molecule has 1 atom stereocenters. The van der Waals surface area contributed by atoms with E-state index in [0.717, 1.165) is 52.1 Å². The van der Waals surface area contributed by atoms with Crippen LogP contribution >= 0.6 is 0 Å². The SMILES string of the molecule is CC(C)(C)OC(=O)C(O[C@H]1CC[C@H](C(=O)O)CC1)(N1CCCC1)N1CC(N2CCCCC2)C1. The Labute approximate surface area is 198 Å².